The van der Waals surface area contributed by atoms with Crippen molar-refractivity contribution in [2.45, 2.75) is 6.04 Å². The van der Waals surface area contributed by atoms with E-state index in [1.807, 2.05) is 12.3 Å². The Morgan fingerprint density at radius 3 is 2.76 bits per heavy atom. The Balaban J connectivity index is 1.92. The number of hydrogen-bond acceptors (Lipinski definition) is 3. The molecular weight excluding hydrogens is 234 g/mol. The number of halogens is 1. The maximum atomic E-state index is 6.17. The number of anilines is 1. The summed E-state index contributed by atoms with van der Waals surface area (Å²) < 4.78 is 1.67. The Morgan fingerprint density at radius 1 is 1.18 bits per heavy atom. The third-order valence-corrected chi connectivity index (χ3v) is 3.72. The Labute approximate surface area is 107 Å². The second-order valence-electron chi connectivity index (χ2n) is 4.44. The molecule has 0 aliphatic carbocycles. The number of para-hydroxylation sites is 1. The molecular formula is C13H16ClN3. The Bertz CT molecular complexity index is 426. The largest absolute Gasteiger partial charge is 0.314 e. The van der Waals surface area contributed by atoms with Gasteiger partial charge in [-0.3, -0.25) is 9.32 Å². The van der Waals surface area contributed by atoms with E-state index < -0.39 is 0 Å². The van der Waals surface area contributed by atoms with Crippen molar-refractivity contribution < 1.29 is 0 Å². The third-order valence-electron chi connectivity index (χ3n) is 3.43. The van der Waals surface area contributed by atoms with Crippen molar-refractivity contribution in [1.82, 2.24) is 10.2 Å². The molecule has 0 bridgehead atoms. The summed E-state index contributed by atoms with van der Waals surface area (Å²) in [7, 11) is 0. The van der Waals surface area contributed by atoms with Crippen LogP contribution in [0.5, 0.6) is 0 Å². The van der Waals surface area contributed by atoms with E-state index in [1.54, 1.807) is 4.42 Å². The average Bonchev–Trinajstić information content (AvgIpc) is 2.41. The molecule has 1 aromatic rings. The second-order valence-corrected chi connectivity index (χ2v) is 4.81. The van der Waals surface area contributed by atoms with E-state index in [-0.39, 0.29) is 0 Å². The van der Waals surface area contributed by atoms with Crippen LogP contribution in [0.1, 0.15) is 11.6 Å². The fraction of sp³-hybridized carbons (Fsp3) is 0.385. The van der Waals surface area contributed by atoms with E-state index in [0.29, 0.717) is 6.04 Å². The maximum absolute atomic E-state index is 6.17. The van der Waals surface area contributed by atoms with Crippen LogP contribution < -0.4 is 9.74 Å². The molecule has 0 saturated carbocycles. The van der Waals surface area contributed by atoms with E-state index in [9.17, 15) is 0 Å². The predicted molar refractivity (Wildman–Crippen MR) is 71.1 cm³/mol. The number of piperazine rings is 1. The lowest BCUT2D eigenvalue weighted by Crippen LogP contribution is -2.45. The predicted octanol–water partition coefficient (Wildman–Crippen LogP) is 2.12. The Kier molecular flexibility index (Phi) is 3.05. The molecule has 2 heterocycles. The highest BCUT2D eigenvalue weighted by Gasteiger charge is 2.25. The molecule has 0 spiro atoms. The van der Waals surface area contributed by atoms with Gasteiger partial charge in [-0.15, -0.1) is 0 Å². The number of hydrogen-bond donors (Lipinski definition) is 1. The quantitative estimate of drug-likeness (QED) is 0.770. The fourth-order valence-corrected chi connectivity index (χ4v) is 2.77. The lowest BCUT2D eigenvalue weighted by molar-refractivity contribution is 0.202. The molecule has 3 rings (SSSR count). The number of nitrogens with zero attached hydrogens (tertiary/aromatic N) is 2. The highest BCUT2D eigenvalue weighted by molar-refractivity contribution is 6.27. The molecule has 1 unspecified atom stereocenters. The fourth-order valence-electron chi connectivity index (χ4n) is 2.55. The van der Waals surface area contributed by atoms with Gasteiger partial charge in [0.1, 0.15) is 0 Å². The van der Waals surface area contributed by atoms with Crippen molar-refractivity contribution in [2.75, 3.05) is 30.6 Å². The average molecular weight is 250 g/mol. The summed E-state index contributed by atoms with van der Waals surface area (Å²) >= 11 is 6.17. The van der Waals surface area contributed by atoms with Crippen molar-refractivity contribution in [3.8, 4) is 0 Å². The van der Waals surface area contributed by atoms with E-state index in [0.717, 1.165) is 31.9 Å². The lowest BCUT2D eigenvalue weighted by Gasteiger charge is -2.37. The molecule has 1 atom stereocenters. The zero-order valence-corrected chi connectivity index (χ0v) is 10.4. The van der Waals surface area contributed by atoms with Crippen molar-refractivity contribution in [1.29, 1.82) is 0 Å². The van der Waals surface area contributed by atoms with Crippen molar-refractivity contribution in [3.63, 3.8) is 0 Å². The Morgan fingerprint density at radius 2 is 1.94 bits per heavy atom. The Hall–Kier alpha value is -1.03. The van der Waals surface area contributed by atoms with Gasteiger partial charge < -0.3 is 5.32 Å². The molecule has 3 nitrogen and oxygen atoms in total. The number of rotatable bonds is 1. The van der Waals surface area contributed by atoms with Gasteiger partial charge in [0.25, 0.3) is 0 Å². The number of benzene rings is 1. The molecule has 1 saturated heterocycles. The van der Waals surface area contributed by atoms with Crippen LogP contribution in [0.3, 0.4) is 0 Å². The van der Waals surface area contributed by atoms with Gasteiger partial charge in [-0.1, -0.05) is 18.2 Å². The van der Waals surface area contributed by atoms with Gasteiger partial charge in [0, 0.05) is 44.2 Å². The molecule has 0 radical (unpaired) electrons. The SMILES string of the molecule is ClN1C=CC(N2CCNCC2)c2ccccc21. The van der Waals surface area contributed by atoms with E-state index in [1.165, 1.54) is 5.56 Å². The topological polar surface area (TPSA) is 18.5 Å². The highest BCUT2D eigenvalue weighted by atomic mass is 35.5. The number of fused-ring (bicyclic) bond motifs is 1. The van der Waals surface area contributed by atoms with Crippen LogP contribution in [0.25, 0.3) is 0 Å². The first kappa shape index (κ1) is 11.1. The van der Waals surface area contributed by atoms with Crippen LogP contribution in [0, 0.1) is 0 Å². The summed E-state index contributed by atoms with van der Waals surface area (Å²) in [6, 6.07) is 8.71. The normalized spacial score (nSPS) is 24.8. The van der Waals surface area contributed by atoms with Gasteiger partial charge in [-0.05, 0) is 17.7 Å². The maximum Gasteiger partial charge on any atom is 0.0625 e. The first-order valence-electron chi connectivity index (χ1n) is 6.03. The van der Waals surface area contributed by atoms with Gasteiger partial charge >= 0.3 is 0 Å². The van der Waals surface area contributed by atoms with Crippen LogP contribution in [-0.4, -0.2) is 31.1 Å². The zero-order chi connectivity index (χ0) is 11.7. The molecule has 0 amide bonds. The lowest BCUT2D eigenvalue weighted by atomic mass is 10.00. The summed E-state index contributed by atoms with van der Waals surface area (Å²) in [5.41, 5.74) is 2.40. The second kappa shape index (κ2) is 4.69. The van der Waals surface area contributed by atoms with Crippen molar-refractivity contribution in [2.24, 2.45) is 0 Å². The number of nitrogens with one attached hydrogen (secondary N) is 1. The third kappa shape index (κ3) is 2.06. The molecule has 1 N–H and O–H groups in total. The molecule has 2 aliphatic heterocycles. The van der Waals surface area contributed by atoms with Crippen molar-refractivity contribution in [3.05, 3.63) is 42.1 Å². The minimum Gasteiger partial charge on any atom is -0.314 e. The molecule has 0 aromatic heterocycles. The van der Waals surface area contributed by atoms with Gasteiger partial charge in [0.15, 0.2) is 0 Å². The molecule has 17 heavy (non-hydrogen) atoms. The van der Waals surface area contributed by atoms with Gasteiger partial charge in [-0.25, -0.2) is 0 Å². The smallest absolute Gasteiger partial charge is 0.0625 e. The summed E-state index contributed by atoms with van der Waals surface area (Å²) in [5.74, 6) is 0. The summed E-state index contributed by atoms with van der Waals surface area (Å²) in [6.45, 7) is 4.31. The van der Waals surface area contributed by atoms with E-state index >= 15 is 0 Å². The molecule has 90 valence electrons. The van der Waals surface area contributed by atoms with Crippen LogP contribution in [0.15, 0.2) is 36.5 Å². The van der Waals surface area contributed by atoms with Gasteiger partial charge in [0.05, 0.1) is 11.7 Å². The standard InChI is InChI=1S/C13H16ClN3/c14-17-8-5-12(16-9-6-15-7-10-16)11-3-1-2-4-13(11)17/h1-5,8,12,15H,6-7,9-10H2. The first-order valence-corrected chi connectivity index (χ1v) is 6.37. The van der Waals surface area contributed by atoms with Crippen LogP contribution in [-0.2, 0) is 0 Å². The van der Waals surface area contributed by atoms with E-state index in [4.69, 9.17) is 11.8 Å². The van der Waals surface area contributed by atoms with Crippen LogP contribution in [0.2, 0.25) is 0 Å². The van der Waals surface area contributed by atoms with Gasteiger partial charge in [-0.2, -0.15) is 0 Å². The minimum atomic E-state index is 0.364. The van der Waals surface area contributed by atoms with E-state index in [2.05, 4.69) is 34.5 Å². The first-order chi connectivity index (χ1) is 8.36. The molecule has 2 aliphatic rings. The zero-order valence-electron chi connectivity index (χ0n) is 9.64. The van der Waals surface area contributed by atoms with Crippen LogP contribution >= 0.6 is 11.8 Å². The summed E-state index contributed by atoms with van der Waals surface area (Å²) in [6.07, 6.45) is 4.14. The van der Waals surface area contributed by atoms with Gasteiger partial charge in [0.2, 0.25) is 0 Å². The van der Waals surface area contributed by atoms with Crippen LogP contribution in [0.4, 0.5) is 5.69 Å². The molecule has 1 fully saturated rings. The van der Waals surface area contributed by atoms with Crippen molar-refractivity contribution >= 4 is 17.5 Å². The minimum absolute atomic E-state index is 0.364. The summed E-state index contributed by atoms with van der Waals surface area (Å²) in [5, 5.41) is 3.38. The summed E-state index contributed by atoms with van der Waals surface area (Å²) in [4.78, 5) is 2.50. The monoisotopic (exact) mass is 249 g/mol. The molecule has 1 aromatic carbocycles. The molecule has 4 heteroatoms. The highest BCUT2D eigenvalue weighted by Crippen LogP contribution is 2.36.